The fourth-order valence-corrected chi connectivity index (χ4v) is 2.35. The van der Waals surface area contributed by atoms with Crippen LogP contribution in [0.2, 0.25) is 5.02 Å². The van der Waals surface area contributed by atoms with Crippen molar-refractivity contribution >= 4 is 29.2 Å². The molecule has 0 unspecified atom stereocenters. The number of nitrogens with one attached hydrogen (secondary N) is 1. The molecule has 0 aliphatic carbocycles. The van der Waals surface area contributed by atoms with E-state index in [-0.39, 0.29) is 18.6 Å². The first-order valence-corrected chi connectivity index (χ1v) is 8.24. The monoisotopic (exact) mass is 360 g/mol. The maximum absolute atomic E-state index is 12.0. The summed E-state index contributed by atoms with van der Waals surface area (Å²) in [4.78, 5) is 25.9. The van der Waals surface area contributed by atoms with Gasteiger partial charge >= 0.3 is 5.97 Å². The zero-order chi connectivity index (χ0) is 18.4. The normalized spacial score (nSPS) is 11.5. The lowest BCUT2D eigenvalue weighted by atomic mass is 10.1. The average molecular weight is 361 g/mol. The number of hydrogen-bond acceptors (Lipinski definition) is 4. The summed E-state index contributed by atoms with van der Waals surface area (Å²) >= 11 is 5.84. The molecule has 0 aliphatic heterocycles. The van der Waals surface area contributed by atoms with E-state index in [1.165, 1.54) is 0 Å². The number of nitrogens with zero attached hydrogens (tertiary/aromatic N) is 1. The molecule has 0 radical (unpaired) electrons. The summed E-state index contributed by atoms with van der Waals surface area (Å²) < 4.78 is 5.06. The predicted octanol–water partition coefficient (Wildman–Crippen LogP) is 3.44. The van der Waals surface area contributed by atoms with E-state index in [0.717, 1.165) is 11.3 Å². The molecule has 0 aliphatic rings. The Morgan fingerprint density at radius 3 is 2.24 bits per heavy atom. The van der Waals surface area contributed by atoms with Crippen LogP contribution in [-0.2, 0) is 9.53 Å². The van der Waals surface area contributed by atoms with E-state index in [1.54, 1.807) is 24.3 Å². The first-order valence-electron chi connectivity index (χ1n) is 7.86. The number of esters is 1. The highest BCUT2D eigenvalue weighted by Gasteiger charge is 2.13. The minimum atomic E-state index is -0.528. The van der Waals surface area contributed by atoms with E-state index in [1.807, 2.05) is 50.2 Å². The Morgan fingerprint density at radius 1 is 1.08 bits per heavy atom. The summed E-state index contributed by atoms with van der Waals surface area (Å²) in [5.74, 6) is -0.889. The number of ether oxygens (including phenoxy) is 1. The molecule has 0 bridgehead atoms. The minimum absolute atomic E-state index is 0.206. The van der Waals surface area contributed by atoms with Crippen molar-refractivity contribution in [2.45, 2.75) is 13.0 Å². The van der Waals surface area contributed by atoms with Crippen LogP contribution >= 0.6 is 11.6 Å². The van der Waals surface area contributed by atoms with Crippen molar-refractivity contribution in [1.82, 2.24) is 5.32 Å². The van der Waals surface area contributed by atoms with Crippen LogP contribution in [0.25, 0.3) is 0 Å². The summed E-state index contributed by atoms with van der Waals surface area (Å²) in [5.41, 5.74) is 2.30. The number of carbonyl (C=O) groups excluding carboxylic acids is 2. The van der Waals surface area contributed by atoms with Gasteiger partial charge in [-0.25, -0.2) is 4.79 Å². The lowest BCUT2D eigenvalue weighted by Crippen LogP contribution is -2.31. The summed E-state index contributed by atoms with van der Waals surface area (Å²) in [6.07, 6.45) is 0. The number of benzene rings is 2. The predicted molar refractivity (Wildman–Crippen MR) is 99.1 cm³/mol. The SMILES string of the molecule is C[C@@H](NC(=O)COC(=O)c1ccc(N(C)C)cc1)c1ccc(Cl)cc1. The van der Waals surface area contributed by atoms with Gasteiger partial charge in [-0.3, -0.25) is 4.79 Å². The van der Waals surface area contributed by atoms with Gasteiger partial charge in [0.1, 0.15) is 0 Å². The Labute approximate surface area is 152 Å². The third-order valence-electron chi connectivity index (χ3n) is 3.70. The molecular weight excluding hydrogens is 340 g/mol. The van der Waals surface area contributed by atoms with E-state index in [4.69, 9.17) is 16.3 Å². The third kappa shape index (κ3) is 5.50. The zero-order valence-electron chi connectivity index (χ0n) is 14.5. The van der Waals surface area contributed by atoms with Crippen LogP contribution in [0.1, 0.15) is 28.9 Å². The quantitative estimate of drug-likeness (QED) is 0.802. The van der Waals surface area contributed by atoms with Crippen LogP contribution in [-0.4, -0.2) is 32.6 Å². The molecule has 132 valence electrons. The molecule has 1 atom stereocenters. The highest BCUT2D eigenvalue weighted by Crippen LogP contribution is 2.16. The first-order chi connectivity index (χ1) is 11.9. The van der Waals surface area contributed by atoms with Gasteiger partial charge < -0.3 is 15.0 Å². The summed E-state index contributed by atoms with van der Waals surface area (Å²) in [6, 6.07) is 14.0. The van der Waals surface area contributed by atoms with Crippen LogP contribution in [0.5, 0.6) is 0 Å². The molecule has 1 N–H and O–H groups in total. The number of halogens is 1. The Bertz CT molecular complexity index is 727. The van der Waals surface area contributed by atoms with Gasteiger partial charge in [0.2, 0.25) is 0 Å². The molecule has 25 heavy (non-hydrogen) atoms. The Hall–Kier alpha value is -2.53. The van der Waals surface area contributed by atoms with Gasteiger partial charge in [-0.15, -0.1) is 0 Å². The molecule has 2 aromatic carbocycles. The maximum atomic E-state index is 12.0. The van der Waals surface area contributed by atoms with E-state index in [0.29, 0.717) is 10.6 Å². The van der Waals surface area contributed by atoms with Crippen molar-refractivity contribution in [3.05, 3.63) is 64.7 Å². The van der Waals surface area contributed by atoms with Gasteiger partial charge in [0.05, 0.1) is 11.6 Å². The maximum Gasteiger partial charge on any atom is 0.338 e. The van der Waals surface area contributed by atoms with Gasteiger partial charge in [-0.2, -0.15) is 0 Å². The van der Waals surface area contributed by atoms with E-state index < -0.39 is 5.97 Å². The fourth-order valence-electron chi connectivity index (χ4n) is 2.23. The Kier molecular flexibility index (Phi) is 6.42. The average Bonchev–Trinajstić information content (AvgIpc) is 2.60. The standard InChI is InChI=1S/C19H21ClN2O3/c1-13(14-4-8-16(20)9-5-14)21-18(23)12-25-19(24)15-6-10-17(11-7-15)22(2)3/h4-11,13H,12H2,1-3H3,(H,21,23)/t13-/m1/s1. The molecular formula is C19H21ClN2O3. The second-order valence-corrected chi connectivity index (χ2v) is 6.29. The van der Waals surface area contributed by atoms with Crippen molar-refractivity contribution in [2.75, 3.05) is 25.6 Å². The van der Waals surface area contributed by atoms with Crippen LogP contribution in [0.4, 0.5) is 5.69 Å². The second-order valence-electron chi connectivity index (χ2n) is 5.86. The van der Waals surface area contributed by atoms with Gasteiger partial charge in [0.15, 0.2) is 6.61 Å². The lowest BCUT2D eigenvalue weighted by molar-refractivity contribution is -0.124. The van der Waals surface area contributed by atoms with Crippen LogP contribution in [0.15, 0.2) is 48.5 Å². The molecule has 0 saturated heterocycles. The molecule has 1 amide bonds. The molecule has 0 spiro atoms. The van der Waals surface area contributed by atoms with Gasteiger partial charge in [-0.05, 0) is 48.9 Å². The number of amides is 1. The number of carbonyl (C=O) groups is 2. The molecule has 2 rings (SSSR count). The van der Waals surface area contributed by atoms with Gasteiger partial charge in [0.25, 0.3) is 5.91 Å². The van der Waals surface area contributed by atoms with E-state index in [2.05, 4.69) is 5.32 Å². The Morgan fingerprint density at radius 2 is 1.68 bits per heavy atom. The lowest BCUT2D eigenvalue weighted by Gasteiger charge is -2.15. The largest absolute Gasteiger partial charge is 0.452 e. The topological polar surface area (TPSA) is 58.6 Å². The number of hydrogen-bond donors (Lipinski definition) is 1. The summed E-state index contributed by atoms with van der Waals surface area (Å²) in [6.45, 7) is 1.52. The summed E-state index contributed by atoms with van der Waals surface area (Å²) in [5, 5.41) is 3.42. The minimum Gasteiger partial charge on any atom is -0.452 e. The van der Waals surface area contributed by atoms with Crippen molar-refractivity contribution in [1.29, 1.82) is 0 Å². The second kappa shape index (κ2) is 8.53. The molecule has 0 fully saturated rings. The smallest absolute Gasteiger partial charge is 0.338 e. The van der Waals surface area contributed by atoms with Gasteiger partial charge in [0, 0.05) is 24.8 Å². The van der Waals surface area contributed by atoms with E-state index >= 15 is 0 Å². The van der Waals surface area contributed by atoms with Crippen molar-refractivity contribution < 1.29 is 14.3 Å². The molecule has 0 aromatic heterocycles. The van der Waals surface area contributed by atoms with Crippen molar-refractivity contribution in [3.63, 3.8) is 0 Å². The third-order valence-corrected chi connectivity index (χ3v) is 3.95. The molecule has 0 heterocycles. The van der Waals surface area contributed by atoms with Crippen LogP contribution in [0, 0.1) is 0 Å². The molecule has 5 nitrogen and oxygen atoms in total. The molecule has 6 heteroatoms. The van der Waals surface area contributed by atoms with Crippen molar-refractivity contribution in [2.24, 2.45) is 0 Å². The highest BCUT2D eigenvalue weighted by molar-refractivity contribution is 6.30. The van der Waals surface area contributed by atoms with Crippen LogP contribution in [0.3, 0.4) is 0 Å². The van der Waals surface area contributed by atoms with Crippen molar-refractivity contribution in [3.8, 4) is 0 Å². The molecule has 0 saturated carbocycles. The molecule has 2 aromatic rings. The first kappa shape index (κ1) is 18.8. The van der Waals surface area contributed by atoms with Crippen LogP contribution < -0.4 is 10.2 Å². The number of anilines is 1. The number of rotatable bonds is 6. The van der Waals surface area contributed by atoms with Gasteiger partial charge in [-0.1, -0.05) is 23.7 Å². The zero-order valence-corrected chi connectivity index (χ0v) is 15.2. The highest BCUT2D eigenvalue weighted by atomic mass is 35.5. The summed E-state index contributed by atoms with van der Waals surface area (Å²) in [7, 11) is 3.83. The Balaban J connectivity index is 1.84. The van der Waals surface area contributed by atoms with E-state index in [9.17, 15) is 9.59 Å². The fraction of sp³-hybridized carbons (Fsp3) is 0.263.